The second-order valence-electron chi connectivity index (χ2n) is 3.30. The summed E-state index contributed by atoms with van der Waals surface area (Å²) in [6.07, 6.45) is -6.65. The summed E-state index contributed by atoms with van der Waals surface area (Å²) >= 11 is 0. The fraction of sp³-hybridized carbons (Fsp3) is 0.300. The van der Waals surface area contributed by atoms with Crippen molar-refractivity contribution in [3.05, 3.63) is 35.4 Å². The number of carbonyl (C=O) groups excluding carboxylic acids is 1. The van der Waals surface area contributed by atoms with Crippen LogP contribution in [0.1, 0.15) is 28.4 Å². The van der Waals surface area contributed by atoms with Crippen LogP contribution in [0.4, 0.5) is 13.2 Å². The summed E-state index contributed by atoms with van der Waals surface area (Å²) < 4.78 is 41.1. The third-order valence-corrected chi connectivity index (χ3v) is 2.19. The minimum Gasteiger partial charge on any atom is -0.453 e. The first kappa shape index (κ1) is 10.0. The predicted molar refractivity (Wildman–Crippen MR) is 45.3 cm³/mol. The molecule has 0 N–H and O–H groups in total. The molecule has 2 rings (SSSR count). The molecule has 1 unspecified atom stereocenters. The molecule has 15 heavy (non-hydrogen) atoms. The molecular weight excluding hydrogens is 209 g/mol. The Kier molecular flexibility index (Phi) is 2.17. The highest BCUT2D eigenvalue weighted by Gasteiger charge is 2.39. The van der Waals surface area contributed by atoms with Gasteiger partial charge in [0, 0.05) is 5.56 Å². The molecule has 0 saturated heterocycles. The first-order valence-corrected chi connectivity index (χ1v) is 4.34. The summed E-state index contributed by atoms with van der Waals surface area (Å²) in [6.45, 7) is 0. The highest BCUT2D eigenvalue weighted by molar-refractivity contribution is 5.93. The van der Waals surface area contributed by atoms with E-state index >= 15 is 0 Å². The Morgan fingerprint density at radius 2 is 1.93 bits per heavy atom. The molecule has 0 aromatic heterocycles. The second-order valence-corrected chi connectivity index (χ2v) is 3.30. The highest BCUT2D eigenvalue weighted by Crippen LogP contribution is 2.38. The molecule has 1 aromatic carbocycles. The summed E-state index contributed by atoms with van der Waals surface area (Å²) in [6, 6.07) is 6.13. The average molecular weight is 216 g/mol. The molecule has 0 radical (unpaired) electrons. The van der Waals surface area contributed by atoms with Crippen LogP contribution in [-0.2, 0) is 4.74 Å². The lowest BCUT2D eigenvalue weighted by Crippen LogP contribution is -2.13. The van der Waals surface area contributed by atoms with Crippen LogP contribution in [0.5, 0.6) is 0 Å². The number of benzene rings is 1. The quantitative estimate of drug-likeness (QED) is 0.674. The topological polar surface area (TPSA) is 26.3 Å². The maximum absolute atomic E-state index is 12.1. The van der Waals surface area contributed by atoms with E-state index in [1.807, 2.05) is 0 Å². The number of halogens is 3. The van der Waals surface area contributed by atoms with Crippen molar-refractivity contribution in [1.82, 2.24) is 0 Å². The van der Waals surface area contributed by atoms with Gasteiger partial charge >= 0.3 is 12.1 Å². The summed E-state index contributed by atoms with van der Waals surface area (Å²) in [5.74, 6) is -0.681. The van der Waals surface area contributed by atoms with Crippen LogP contribution in [0.3, 0.4) is 0 Å². The predicted octanol–water partition coefficient (Wildman–Crippen LogP) is 2.85. The van der Waals surface area contributed by atoms with Gasteiger partial charge < -0.3 is 4.74 Å². The smallest absolute Gasteiger partial charge is 0.392 e. The Balaban J connectivity index is 2.29. The Labute approximate surface area is 83.7 Å². The first-order valence-electron chi connectivity index (χ1n) is 4.34. The third kappa shape index (κ3) is 1.95. The van der Waals surface area contributed by atoms with E-state index < -0.39 is 24.7 Å². The van der Waals surface area contributed by atoms with Gasteiger partial charge in [0.05, 0.1) is 12.0 Å². The van der Waals surface area contributed by atoms with Crippen molar-refractivity contribution >= 4 is 5.97 Å². The van der Waals surface area contributed by atoms with E-state index in [1.54, 1.807) is 12.1 Å². The molecule has 1 aromatic rings. The lowest BCUT2D eigenvalue weighted by atomic mass is 10.0. The Hall–Kier alpha value is -1.52. The van der Waals surface area contributed by atoms with Crippen molar-refractivity contribution in [1.29, 1.82) is 0 Å². The van der Waals surface area contributed by atoms with Crippen LogP contribution in [0.25, 0.3) is 0 Å². The lowest BCUT2D eigenvalue weighted by molar-refractivity contribution is -0.153. The van der Waals surface area contributed by atoms with E-state index in [9.17, 15) is 18.0 Å². The summed E-state index contributed by atoms with van der Waals surface area (Å²) in [4.78, 5) is 11.2. The van der Waals surface area contributed by atoms with Crippen LogP contribution < -0.4 is 0 Å². The van der Waals surface area contributed by atoms with Gasteiger partial charge in [-0.3, -0.25) is 0 Å². The molecule has 5 heteroatoms. The van der Waals surface area contributed by atoms with Gasteiger partial charge in [0.15, 0.2) is 0 Å². The van der Waals surface area contributed by atoms with E-state index in [4.69, 9.17) is 0 Å². The third-order valence-electron chi connectivity index (χ3n) is 2.19. The minimum atomic E-state index is -4.33. The number of rotatable bonds is 1. The number of carbonyl (C=O) groups is 1. The Bertz CT molecular complexity index is 398. The van der Waals surface area contributed by atoms with E-state index in [0.29, 0.717) is 5.56 Å². The molecular formula is C10H7F3O2. The molecule has 1 heterocycles. The maximum atomic E-state index is 12.1. The molecule has 0 bridgehead atoms. The summed E-state index contributed by atoms with van der Waals surface area (Å²) in [7, 11) is 0. The molecule has 0 fully saturated rings. The Morgan fingerprint density at radius 3 is 2.60 bits per heavy atom. The fourth-order valence-electron chi connectivity index (χ4n) is 1.58. The number of fused-ring (bicyclic) bond motifs is 1. The zero-order chi connectivity index (χ0) is 11.1. The molecule has 2 nitrogen and oxygen atoms in total. The van der Waals surface area contributed by atoms with Crippen molar-refractivity contribution in [2.75, 3.05) is 0 Å². The Morgan fingerprint density at radius 1 is 1.27 bits per heavy atom. The van der Waals surface area contributed by atoms with Crippen LogP contribution >= 0.6 is 0 Å². The van der Waals surface area contributed by atoms with Crippen molar-refractivity contribution in [3.8, 4) is 0 Å². The SMILES string of the molecule is O=C1OC(CC(F)(F)F)c2ccccc21. The van der Waals surface area contributed by atoms with E-state index in [-0.39, 0.29) is 5.56 Å². The van der Waals surface area contributed by atoms with Gasteiger partial charge in [-0.25, -0.2) is 4.79 Å². The molecule has 1 atom stereocenters. The fourth-order valence-corrected chi connectivity index (χ4v) is 1.58. The molecule has 1 aliphatic heterocycles. The first-order chi connectivity index (χ1) is 6.97. The maximum Gasteiger partial charge on any atom is 0.392 e. The zero-order valence-electron chi connectivity index (χ0n) is 7.54. The van der Waals surface area contributed by atoms with E-state index in [0.717, 1.165) is 0 Å². The zero-order valence-corrected chi connectivity index (χ0v) is 7.54. The largest absolute Gasteiger partial charge is 0.453 e. The van der Waals surface area contributed by atoms with Gasteiger partial charge in [-0.15, -0.1) is 0 Å². The van der Waals surface area contributed by atoms with Gasteiger partial charge in [-0.05, 0) is 6.07 Å². The summed E-state index contributed by atoms with van der Waals surface area (Å²) in [5, 5.41) is 0. The highest BCUT2D eigenvalue weighted by atomic mass is 19.4. The van der Waals surface area contributed by atoms with Gasteiger partial charge in [0.2, 0.25) is 0 Å². The van der Waals surface area contributed by atoms with Crippen molar-refractivity contribution in [3.63, 3.8) is 0 Å². The number of hydrogen-bond donors (Lipinski definition) is 0. The summed E-state index contributed by atoms with van der Waals surface area (Å²) in [5.41, 5.74) is 0.548. The van der Waals surface area contributed by atoms with Crippen molar-refractivity contribution in [2.45, 2.75) is 18.7 Å². The van der Waals surface area contributed by atoms with Gasteiger partial charge in [0.1, 0.15) is 6.10 Å². The van der Waals surface area contributed by atoms with Crippen LogP contribution in [-0.4, -0.2) is 12.1 Å². The lowest BCUT2D eigenvalue weighted by Gasteiger charge is -2.12. The van der Waals surface area contributed by atoms with Crippen LogP contribution in [0.15, 0.2) is 24.3 Å². The van der Waals surface area contributed by atoms with Crippen LogP contribution in [0, 0.1) is 0 Å². The molecule has 0 aliphatic carbocycles. The van der Waals surface area contributed by atoms with E-state index in [2.05, 4.69) is 4.74 Å². The van der Waals surface area contributed by atoms with Crippen molar-refractivity contribution in [2.24, 2.45) is 0 Å². The number of alkyl halides is 3. The minimum absolute atomic E-state index is 0.228. The van der Waals surface area contributed by atoms with Crippen LogP contribution in [0.2, 0.25) is 0 Å². The number of hydrogen-bond acceptors (Lipinski definition) is 2. The second kappa shape index (κ2) is 3.25. The average Bonchev–Trinajstić information content (AvgIpc) is 2.42. The monoisotopic (exact) mass is 216 g/mol. The van der Waals surface area contributed by atoms with Gasteiger partial charge in [0.25, 0.3) is 0 Å². The molecule has 0 spiro atoms. The van der Waals surface area contributed by atoms with Crippen molar-refractivity contribution < 1.29 is 22.7 Å². The number of cyclic esters (lactones) is 1. The molecule has 0 amide bonds. The number of ether oxygens (including phenoxy) is 1. The van der Waals surface area contributed by atoms with Gasteiger partial charge in [-0.2, -0.15) is 13.2 Å². The standard InChI is InChI=1S/C10H7F3O2/c11-10(12,13)5-8-6-3-1-2-4-7(6)9(14)15-8/h1-4,8H,5H2. The van der Waals surface area contributed by atoms with Gasteiger partial charge in [-0.1, -0.05) is 18.2 Å². The normalized spacial score (nSPS) is 19.9. The van der Waals surface area contributed by atoms with E-state index in [1.165, 1.54) is 12.1 Å². The molecule has 1 aliphatic rings. The number of esters is 1. The molecule has 0 saturated carbocycles. The molecule has 80 valence electrons.